The number of H-pyrrole nitrogens is 1. The van der Waals surface area contributed by atoms with E-state index < -0.39 is 0 Å². The fraction of sp³-hybridized carbons (Fsp3) is 0.400. The molecule has 0 aliphatic heterocycles. The number of imidazole rings is 1. The Kier molecular flexibility index (Phi) is 3.58. The number of rotatable bonds is 4. The predicted octanol–water partition coefficient (Wildman–Crippen LogP) is 3.27. The van der Waals surface area contributed by atoms with Crippen LogP contribution in [0.5, 0.6) is 0 Å². The SMILES string of the molecule is CCC(NC1Cc2ccc(Cl)cc2C1)c1ncc[nH]1. The second-order valence-corrected chi connectivity index (χ2v) is 5.56. The van der Waals surface area contributed by atoms with Crippen LogP contribution in [-0.4, -0.2) is 16.0 Å². The van der Waals surface area contributed by atoms with Crippen LogP contribution < -0.4 is 5.32 Å². The summed E-state index contributed by atoms with van der Waals surface area (Å²) in [4.78, 5) is 7.55. The highest BCUT2D eigenvalue weighted by molar-refractivity contribution is 6.30. The van der Waals surface area contributed by atoms with Crippen LogP contribution in [0.15, 0.2) is 30.6 Å². The molecule has 1 aromatic carbocycles. The molecule has 1 heterocycles. The van der Waals surface area contributed by atoms with Crippen LogP contribution in [0.25, 0.3) is 0 Å². The van der Waals surface area contributed by atoms with Crippen molar-refractivity contribution < 1.29 is 0 Å². The highest BCUT2D eigenvalue weighted by Crippen LogP contribution is 2.27. The molecule has 2 atom stereocenters. The van der Waals surface area contributed by atoms with Crippen LogP contribution in [0.2, 0.25) is 5.02 Å². The quantitative estimate of drug-likeness (QED) is 0.899. The summed E-state index contributed by atoms with van der Waals surface area (Å²) in [6.45, 7) is 2.18. The van der Waals surface area contributed by atoms with Gasteiger partial charge in [-0.3, -0.25) is 0 Å². The number of halogens is 1. The highest BCUT2D eigenvalue weighted by Gasteiger charge is 2.24. The highest BCUT2D eigenvalue weighted by atomic mass is 35.5. The molecule has 0 radical (unpaired) electrons. The Hall–Kier alpha value is -1.32. The summed E-state index contributed by atoms with van der Waals surface area (Å²) in [6.07, 6.45) is 6.84. The summed E-state index contributed by atoms with van der Waals surface area (Å²) in [5, 5.41) is 4.53. The molecule has 0 spiro atoms. The minimum atomic E-state index is 0.296. The molecule has 3 rings (SSSR count). The van der Waals surface area contributed by atoms with Crippen LogP contribution >= 0.6 is 11.6 Å². The maximum Gasteiger partial charge on any atom is 0.123 e. The number of aromatic amines is 1. The van der Waals surface area contributed by atoms with Crippen molar-refractivity contribution in [2.75, 3.05) is 0 Å². The van der Waals surface area contributed by atoms with E-state index in [4.69, 9.17) is 11.6 Å². The number of benzene rings is 1. The minimum Gasteiger partial charge on any atom is -0.347 e. The smallest absolute Gasteiger partial charge is 0.123 e. The van der Waals surface area contributed by atoms with Crippen molar-refractivity contribution in [2.24, 2.45) is 0 Å². The number of fused-ring (bicyclic) bond motifs is 1. The van der Waals surface area contributed by atoms with Crippen molar-refractivity contribution >= 4 is 11.6 Å². The molecule has 1 aromatic heterocycles. The van der Waals surface area contributed by atoms with Gasteiger partial charge in [0.1, 0.15) is 5.82 Å². The first-order valence-corrected chi connectivity index (χ1v) is 7.16. The second-order valence-electron chi connectivity index (χ2n) is 5.12. The number of nitrogens with one attached hydrogen (secondary N) is 2. The molecule has 0 amide bonds. The van der Waals surface area contributed by atoms with Gasteiger partial charge in [0.2, 0.25) is 0 Å². The van der Waals surface area contributed by atoms with E-state index in [1.165, 1.54) is 11.1 Å². The molecular formula is C15H18ClN3. The minimum absolute atomic E-state index is 0.296. The third kappa shape index (κ3) is 2.67. The molecule has 4 heteroatoms. The van der Waals surface area contributed by atoms with Gasteiger partial charge in [-0.1, -0.05) is 24.6 Å². The maximum atomic E-state index is 6.05. The van der Waals surface area contributed by atoms with Crippen LogP contribution in [0.4, 0.5) is 0 Å². The normalized spacial score (nSPS) is 19.4. The van der Waals surface area contributed by atoms with Crippen molar-refractivity contribution in [3.05, 3.63) is 52.6 Å². The molecule has 1 aliphatic rings. The Morgan fingerprint density at radius 3 is 3.00 bits per heavy atom. The molecule has 3 nitrogen and oxygen atoms in total. The third-order valence-electron chi connectivity index (χ3n) is 3.80. The number of nitrogens with zero attached hydrogens (tertiary/aromatic N) is 1. The van der Waals surface area contributed by atoms with Gasteiger partial charge in [-0.25, -0.2) is 4.98 Å². The number of hydrogen-bond acceptors (Lipinski definition) is 2. The molecule has 0 fully saturated rings. The molecule has 2 N–H and O–H groups in total. The van der Waals surface area contributed by atoms with E-state index in [-0.39, 0.29) is 0 Å². The van der Waals surface area contributed by atoms with Gasteiger partial charge >= 0.3 is 0 Å². The topological polar surface area (TPSA) is 40.7 Å². The first-order valence-electron chi connectivity index (χ1n) is 6.79. The van der Waals surface area contributed by atoms with Gasteiger partial charge in [0.15, 0.2) is 0 Å². The zero-order chi connectivity index (χ0) is 13.2. The summed E-state index contributed by atoms with van der Waals surface area (Å²) in [5.74, 6) is 1.02. The zero-order valence-electron chi connectivity index (χ0n) is 11.0. The van der Waals surface area contributed by atoms with Gasteiger partial charge in [0, 0.05) is 23.5 Å². The van der Waals surface area contributed by atoms with Crippen molar-refractivity contribution in [2.45, 2.75) is 38.3 Å². The Balaban J connectivity index is 1.69. The molecule has 0 saturated heterocycles. The van der Waals surface area contributed by atoms with Crippen LogP contribution in [0, 0.1) is 0 Å². The first-order chi connectivity index (χ1) is 9.26. The molecule has 2 aromatic rings. The molecule has 100 valence electrons. The molecule has 2 unspecified atom stereocenters. The Morgan fingerprint density at radius 2 is 2.26 bits per heavy atom. The summed E-state index contributed by atoms with van der Waals surface area (Å²) in [6, 6.07) is 6.99. The predicted molar refractivity (Wildman–Crippen MR) is 77.4 cm³/mol. The van der Waals surface area contributed by atoms with E-state index in [1.54, 1.807) is 0 Å². The number of hydrogen-bond donors (Lipinski definition) is 2. The Bertz CT molecular complexity index is 551. The van der Waals surface area contributed by atoms with Gasteiger partial charge in [0.25, 0.3) is 0 Å². The monoisotopic (exact) mass is 275 g/mol. The van der Waals surface area contributed by atoms with Crippen molar-refractivity contribution in [1.82, 2.24) is 15.3 Å². The summed E-state index contributed by atoms with van der Waals surface area (Å²) in [5.41, 5.74) is 2.79. The Morgan fingerprint density at radius 1 is 1.42 bits per heavy atom. The van der Waals surface area contributed by atoms with Crippen LogP contribution in [0.3, 0.4) is 0 Å². The van der Waals surface area contributed by atoms with Gasteiger partial charge < -0.3 is 10.3 Å². The van der Waals surface area contributed by atoms with E-state index in [9.17, 15) is 0 Å². The molecule has 19 heavy (non-hydrogen) atoms. The lowest BCUT2D eigenvalue weighted by Gasteiger charge is -2.19. The van der Waals surface area contributed by atoms with Crippen LogP contribution in [0.1, 0.15) is 36.3 Å². The maximum absolute atomic E-state index is 6.05. The van der Waals surface area contributed by atoms with Gasteiger partial charge in [-0.2, -0.15) is 0 Å². The third-order valence-corrected chi connectivity index (χ3v) is 4.03. The summed E-state index contributed by atoms with van der Waals surface area (Å²) in [7, 11) is 0. The molecule has 1 aliphatic carbocycles. The summed E-state index contributed by atoms with van der Waals surface area (Å²) >= 11 is 6.05. The molecule has 0 saturated carbocycles. The van der Waals surface area contributed by atoms with Crippen molar-refractivity contribution in [1.29, 1.82) is 0 Å². The average molecular weight is 276 g/mol. The largest absolute Gasteiger partial charge is 0.347 e. The van der Waals surface area contributed by atoms with E-state index in [0.29, 0.717) is 12.1 Å². The lowest BCUT2D eigenvalue weighted by atomic mass is 10.1. The molecule has 0 bridgehead atoms. The fourth-order valence-electron chi connectivity index (χ4n) is 2.85. The lowest BCUT2D eigenvalue weighted by molar-refractivity contribution is 0.422. The first kappa shape index (κ1) is 12.7. The average Bonchev–Trinajstić information content (AvgIpc) is 3.04. The standard InChI is InChI=1S/C15H18ClN3/c1-2-14(15-17-5-6-18-15)19-13-8-10-3-4-12(16)7-11(10)9-13/h3-7,13-14,19H,2,8-9H2,1H3,(H,17,18). The van der Waals surface area contributed by atoms with Gasteiger partial charge in [-0.05, 0) is 42.5 Å². The lowest BCUT2D eigenvalue weighted by Crippen LogP contribution is -2.33. The number of aromatic nitrogens is 2. The van der Waals surface area contributed by atoms with Gasteiger partial charge in [-0.15, -0.1) is 0 Å². The van der Waals surface area contributed by atoms with Crippen molar-refractivity contribution in [3.63, 3.8) is 0 Å². The van der Waals surface area contributed by atoms with Gasteiger partial charge in [0.05, 0.1) is 6.04 Å². The Labute approximate surface area is 118 Å². The fourth-order valence-corrected chi connectivity index (χ4v) is 3.04. The molecular weight excluding hydrogens is 258 g/mol. The second kappa shape index (κ2) is 5.35. The summed E-state index contributed by atoms with van der Waals surface area (Å²) < 4.78 is 0. The van der Waals surface area contributed by atoms with Crippen LogP contribution in [-0.2, 0) is 12.8 Å². The van der Waals surface area contributed by atoms with E-state index >= 15 is 0 Å². The van der Waals surface area contributed by atoms with E-state index in [1.807, 2.05) is 18.5 Å². The van der Waals surface area contributed by atoms with E-state index in [0.717, 1.165) is 30.1 Å². The zero-order valence-corrected chi connectivity index (χ0v) is 11.7. The van der Waals surface area contributed by atoms with E-state index in [2.05, 4.69) is 34.3 Å². The van der Waals surface area contributed by atoms with Crippen molar-refractivity contribution in [3.8, 4) is 0 Å².